The van der Waals surface area contributed by atoms with Gasteiger partial charge in [-0.15, -0.1) is 0 Å². The molecule has 1 heterocycles. The fourth-order valence-electron chi connectivity index (χ4n) is 1.62. The number of nitrogens with zero attached hydrogens (tertiary/aromatic N) is 1. The van der Waals surface area contributed by atoms with Gasteiger partial charge in [0, 0.05) is 0 Å². The van der Waals surface area contributed by atoms with Crippen molar-refractivity contribution >= 4 is 35.0 Å². The summed E-state index contributed by atoms with van der Waals surface area (Å²) in [5, 5.41) is 9.87. The number of thioether (sulfide) groups is 1. The SMILES string of the molecule is COc1ccc(/C=C2/SC(=O)N(CC(=O)[O-])C2=O)cc1. The van der Waals surface area contributed by atoms with Crippen molar-refractivity contribution in [2.45, 2.75) is 0 Å². The van der Waals surface area contributed by atoms with Gasteiger partial charge < -0.3 is 14.6 Å². The first-order chi connectivity index (χ1) is 9.51. The number of imide groups is 1. The van der Waals surface area contributed by atoms with Gasteiger partial charge in [-0.2, -0.15) is 0 Å². The fourth-order valence-corrected chi connectivity index (χ4v) is 2.46. The van der Waals surface area contributed by atoms with Crippen molar-refractivity contribution in [1.82, 2.24) is 4.90 Å². The topological polar surface area (TPSA) is 86.7 Å². The third-order valence-corrected chi connectivity index (χ3v) is 3.48. The van der Waals surface area contributed by atoms with Crippen molar-refractivity contribution in [1.29, 1.82) is 0 Å². The molecule has 0 saturated carbocycles. The number of ether oxygens (including phenoxy) is 1. The van der Waals surface area contributed by atoms with Crippen molar-refractivity contribution < 1.29 is 24.2 Å². The van der Waals surface area contributed by atoms with E-state index in [0.717, 1.165) is 0 Å². The van der Waals surface area contributed by atoms with E-state index in [1.165, 1.54) is 6.08 Å². The zero-order valence-corrected chi connectivity index (χ0v) is 11.3. The molecular weight excluding hydrogens is 282 g/mol. The highest BCUT2D eigenvalue weighted by molar-refractivity contribution is 8.18. The summed E-state index contributed by atoms with van der Waals surface area (Å²) >= 11 is 0.705. The first-order valence-electron chi connectivity index (χ1n) is 5.60. The molecule has 0 atom stereocenters. The monoisotopic (exact) mass is 292 g/mol. The molecule has 0 unspecified atom stereocenters. The standard InChI is InChI=1S/C13H11NO5S/c1-19-9-4-2-8(3-5-9)6-10-12(17)14(7-11(15)16)13(18)20-10/h2-6H,7H2,1H3,(H,15,16)/p-1/b10-6+. The Morgan fingerprint density at radius 1 is 1.35 bits per heavy atom. The summed E-state index contributed by atoms with van der Waals surface area (Å²) in [6, 6.07) is 6.89. The van der Waals surface area contributed by atoms with Crippen molar-refractivity contribution in [2.24, 2.45) is 0 Å². The third kappa shape index (κ3) is 3.00. The van der Waals surface area contributed by atoms with Gasteiger partial charge in [0.1, 0.15) is 5.75 Å². The Labute approximate surface area is 119 Å². The summed E-state index contributed by atoms with van der Waals surface area (Å²) in [6.07, 6.45) is 1.53. The summed E-state index contributed by atoms with van der Waals surface area (Å²) in [5.41, 5.74) is 0.713. The van der Waals surface area contributed by atoms with E-state index in [2.05, 4.69) is 0 Å². The number of hydrogen-bond acceptors (Lipinski definition) is 6. The summed E-state index contributed by atoms with van der Waals surface area (Å²) in [5.74, 6) is -1.43. The van der Waals surface area contributed by atoms with Crippen LogP contribution in [0, 0.1) is 0 Å². The molecule has 1 aliphatic rings. The second-order valence-corrected chi connectivity index (χ2v) is 4.91. The van der Waals surface area contributed by atoms with E-state index in [1.54, 1.807) is 31.4 Å². The number of hydrogen-bond donors (Lipinski definition) is 0. The van der Waals surface area contributed by atoms with E-state index in [9.17, 15) is 19.5 Å². The molecule has 2 rings (SSSR count). The summed E-state index contributed by atoms with van der Waals surface area (Å²) in [7, 11) is 1.54. The minimum absolute atomic E-state index is 0.182. The fraction of sp³-hybridized carbons (Fsp3) is 0.154. The van der Waals surface area contributed by atoms with Crippen molar-refractivity contribution in [3.05, 3.63) is 34.7 Å². The number of methoxy groups -OCH3 is 1. The van der Waals surface area contributed by atoms with Crippen molar-refractivity contribution in [3.8, 4) is 5.75 Å². The zero-order chi connectivity index (χ0) is 14.7. The molecule has 1 saturated heterocycles. The van der Waals surface area contributed by atoms with Crippen LogP contribution in [0.3, 0.4) is 0 Å². The van der Waals surface area contributed by atoms with Crippen LogP contribution in [0.5, 0.6) is 5.75 Å². The van der Waals surface area contributed by atoms with Crippen LogP contribution < -0.4 is 9.84 Å². The molecule has 20 heavy (non-hydrogen) atoms. The molecule has 1 aromatic carbocycles. The molecule has 2 amide bonds. The summed E-state index contributed by atoms with van der Waals surface area (Å²) in [4.78, 5) is 34.7. The summed E-state index contributed by atoms with van der Waals surface area (Å²) in [6.45, 7) is -0.732. The lowest BCUT2D eigenvalue weighted by Gasteiger charge is -2.12. The lowest BCUT2D eigenvalue weighted by molar-refractivity contribution is -0.305. The maximum atomic E-state index is 11.9. The van der Waals surface area contributed by atoms with E-state index >= 15 is 0 Å². The quantitative estimate of drug-likeness (QED) is 0.750. The number of carbonyl (C=O) groups excluding carboxylic acids is 3. The zero-order valence-electron chi connectivity index (χ0n) is 10.5. The molecule has 0 bridgehead atoms. The minimum Gasteiger partial charge on any atom is -0.548 e. The predicted octanol–water partition coefficient (Wildman–Crippen LogP) is 0.481. The molecule has 1 aliphatic heterocycles. The van der Waals surface area contributed by atoms with Gasteiger partial charge in [0.15, 0.2) is 0 Å². The van der Waals surface area contributed by atoms with E-state index in [4.69, 9.17) is 4.74 Å². The Balaban J connectivity index is 2.20. The lowest BCUT2D eigenvalue weighted by atomic mass is 10.2. The Bertz CT molecular complexity index is 593. The number of aliphatic carboxylic acids is 1. The first-order valence-corrected chi connectivity index (χ1v) is 6.42. The molecule has 0 spiro atoms. The number of carboxylic acids is 1. The highest BCUT2D eigenvalue weighted by Crippen LogP contribution is 2.32. The van der Waals surface area contributed by atoms with E-state index in [0.29, 0.717) is 28.0 Å². The average Bonchev–Trinajstić information content (AvgIpc) is 2.67. The molecule has 0 N–H and O–H groups in total. The van der Waals surface area contributed by atoms with Crippen LogP contribution in [0.4, 0.5) is 4.79 Å². The van der Waals surface area contributed by atoms with E-state index in [-0.39, 0.29) is 4.91 Å². The van der Waals surface area contributed by atoms with Crippen LogP contribution in [0.1, 0.15) is 5.56 Å². The second-order valence-electron chi connectivity index (χ2n) is 3.91. The van der Waals surface area contributed by atoms with Crippen LogP contribution in [0.25, 0.3) is 6.08 Å². The number of carbonyl (C=O) groups is 3. The molecule has 6 nitrogen and oxygen atoms in total. The molecule has 0 aromatic heterocycles. The second kappa shape index (κ2) is 5.79. The normalized spacial score (nSPS) is 16.9. The van der Waals surface area contributed by atoms with Crippen LogP contribution in [-0.4, -0.2) is 35.7 Å². The van der Waals surface area contributed by atoms with E-state index < -0.39 is 23.7 Å². The Hall–Kier alpha value is -2.28. The van der Waals surface area contributed by atoms with Crippen molar-refractivity contribution in [2.75, 3.05) is 13.7 Å². The van der Waals surface area contributed by atoms with Gasteiger partial charge in [0.05, 0.1) is 24.5 Å². The molecule has 7 heteroatoms. The van der Waals surface area contributed by atoms with Gasteiger partial charge in [-0.25, -0.2) is 0 Å². The number of carboxylic acid groups (broad SMARTS) is 1. The Morgan fingerprint density at radius 3 is 2.55 bits per heavy atom. The van der Waals surface area contributed by atoms with Gasteiger partial charge in [0.25, 0.3) is 11.1 Å². The molecule has 0 aliphatic carbocycles. The molecule has 1 aromatic rings. The third-order valence-electron chi connectivity index (χ3n) is 2.57. The molecular formula is C13H10NO5S-. The maximum absolute atomic E-state index is 11.9. The van der Waals surface area contributed by atoms with Crippen molar-refractivity contribution in [3.63, 3.8) is 0 Å². The number of amides is 2. The van der Waals surface area contributed by atoms with Crippen LogP contribution >= 0.6 is 11.8 Å². The van der Waals surface area contributed by atoms with Crippen LogP contribution in [0.15, 0.2) is 29.2 Å². The number of rotatable bonds is 4. The highest BCUT2D eigenvalue weighted by atomic mass is 32.2. The molecule has 104 valence electrons. The van der Waals surface area contributed by atoms with Gasteiger partial charge in [0.2, 0.25) is 0 Å². The van der Waals surface area contributed by atoms with Crippen LogP contribution in [-0.2, 0) is 9.59 Å². The smallest absolute Gasteiger partial charge is 0.293 e. The minimum atomic E-state index is -1.47. The van der Waals surface area contributed by atoms with Crippen LogP contribution in [0.2, 0.25) is 0 Å². The van der Waals surface area contributed by atoms with E-state index in [1.807, 2.05) is 0 Å². The Kier molecular flexibility index (Phi) is 4.09. The lowest BCUT2D eigenvalue weighted by Crippen LogP contribution is -2.40. The molecule has 0 radical (unpaired) electrons. The highest BCUT2D eigenvalue weighted by Gasteiger charge is 2.34. The van der Waals surface area contributed by atoms with Gasteiger partial charge >= 0.3 is 0 Å². The maximum Gasteiger partial charge on any atom is 0.293 e. The van der Waals surface area contributed by atoms with Gasteiger partial charge in [-0.1, -0.05) is 12.1 Å². The summed E-state index contributed by atoms with van der Waals surface area (Å²) < 4.78 is 5.01. The molecule has 1 fully saturated rings. The largest absolute Gasteiger partial charge is 0.548 e. The van der Waals surface area contributed by atoms with Gasteiger partial charge in [-0.3, -0.25) is 14.5 Å². The van der Waals surface area contributed by atoms with Gasteiger partial charge in [-0.05, 0) is 35.5 Å². The first kappa shape index (κ1) is 14.1. The number of benzene rings is 1. The predicted molar refractivity (Wildman–Crippen MR) is 70.7 cm³/mol. The Morgan fingerprint density at radius 2 is 2.00 bits per heavy atom. The average molecular weight is 292 g/mol.